The van der Waals surface area contributed by atoms with Crippen LogP contribution in [0.15, 0.2) is 97.1 Å². The first-order valence-electron chi connectivity index (χ1n) is 14.5. The third-order valence-corrected chi connectivity index (χ3v) is 9.04. The van der Waals surface area contributed by atoms with Gasteiger partial charge >= 0.3 is 0 Å². The maximum absolute atomic E-state index is 13.9. The Morgan fingerprint density at radius 1 is 0.958 bits per heavy atom. The molecule has 13 heteroatoms. The Bertz CT molecular complexity index is 1910. The SMILES string of the molecule is [B]C(O)(c1ccc(O)c(OC)c1)C(O)(O)NC(=O)CC1SC(c2ccc(C#Cc3ccccc3)cc2)N(c2cccc(C(N)=O)c2)C1=O. The number of methoxy groups -OCH3 is 1. The van der Waals surface area contributed by atoms with E-state index < -0.39 is 46.2 Å². The molecule has 4 aromatic rings. The number of nitrogens with zero attached hydrogens (tertiary/aromatic N) is 1. The van der Waals surface area contributed by atoms with E-state index in [0.717, 1.165) is 41.1 Å². The van der Waals surface area contributed by atoms with E-state index >= 15 is 0 Å². The molecule has 3 amide bonds. The number of hydrogen-bond acceptors (Lipinski definition) is 9. The van der Waals surface area contributed by atoms with E-state index in [0.29, 0.717) is 11.3 Å². The number of nitrogens with two attached hydrogens (primary N) is 1. The number of nitrogens with one attached hydrogen (secondary N) is 1. The van der Waals surface area contributed by atoms with E-state index in [1.54, 1.807) is 36.4 Å². The average Bonchev–Trinajstić information content (AvgIpc) is 3.39. The summed E-state index contributed by atoms with van der Waals surface area (Å²) in [6, 6.07) is 26.2. The summed E-state index contributed by atoms with van der Waals surface area (Å²) in [5.74, 6) is 0.167. The van der Waals surface area contributed by atoms with Crippen LogP contribution in [0.25, 0.3) is 0 Å². The van der Waals surface area contributed by atoms with Gasteiger partial charge in [0.25, 0.3) is 5.91 Å². The number of carbonyl (C=O) groups excluding carboxylic acids is 3. The highest BCUT2D eigenvalue weighted by Gasteiger charge is 2.48. The number of aromatic hydroxyl groups is 1. The van der Waals surface area contributed by atoms with Crippen LogP contribution in [0.5, 0.6) is 11.5 Å². The van der Waals surface area contributed by atoms with Crippen LogP contribution in [0.3, 0.4) is 0 Å². The van der Waals surface area contributed by atoms with Crippen molar-refractivity contribution in [2.75, 3.05) is 12.0 Å². The molecular formula is C35H30BN3O8S. The number of anilines is 1. The smallest absolute Gasteiger partial charge is 0.271 e. The highest BCUT2D eigenvalue weighted by molar-refractivity contribution is 8.01. The first-order chi connectivity index (χ1) is 22.8. The van der Waals surface area contributed by atoms with Gasteiger partial charge in [-0.15, -0.1) is 11.8 Å². The third kappa shape index (κ3) is 7.17. The van der Waals surface area contributed by atoms with Gasteiger partial charge < -0.3 is 36.2 Å². The van der Waals surface area contributed by atoms with E-state index in [1.165, 1.54) is 24.1 Å². The average molecular weight is 664 g/mol. The van der Waals surface area contributed by atoms with Crippen molar-refractivity contribution < 1.29 is 39.5 Å². The van der Waals surface area contributed by atoms with Gasteiger partial charge in [0, 0.05) is 28.8 Å². The molecule has 3 unspecified atom stereocenters. The highest BCUT2D eigenvalue weighted by Crippen LogP contribution is 2.47. The predicted molar refractivity (Wildman–Crippen MR) is 180 cm³/mol. The molecule has 2 radical (unpaired) electrons. The molecule has 4 aromatic carbocycles. The molecule has 1 saturated heterocycles. The van der Waals surface area contributed by atoms with Gasteiger partial charge in [-0.1, -0.05) is 54.3 Å². The second kappa shape index (κ2) is 13.8. The Morgan fingerprint density at radius 3 is 2.27 bits per heavy atom. The molecule has 1 aliphatic rings. The normalized spacial score (nSPS) is 17.2. The number of thioether (sulfide) groups is 1. The summed E-state index contributed by atoms with van der Waals surface area (Å²) >= 11 is 1.13. The first-order valence-corrected chi connectivity index (χ1v) is 15.4. The van der Waals surface area contributed by atoms with Crippen molar-refractivity contribution in [3.63, 3.8) is 0 Å². The molecule has 3 atom stereocenters. The van der Waals surface area contributed by atoms with E-state index in [1.807, 2.05) is 35.6 Å². The monoisotopic (exact) mass is 663 g/mol. The quantitative estimate of drug-likeness (QED) is 0.0889. The molecule has 0 spiro atoms. The minimum Gasteiger partial charge on any atom is -0.504 e. The van der Waals surface area contributed by atoms with Crippen molar-refractivity contribution in [2.24, 2.45) is 5.73 Å². The zero-order chi connectivity index (χ0) is 34.6. The Kier molecular flexibility index (Phi) is 9.83. The van der Waals surface area contributed by atoms with Gasteiger partial charge in [0.1, 0.15) is 18.7 Å². The van der Waals surface area contributed by atoms with Crippen LogP contribution in [0.4, 0.5) is 5.69 Å². The van der Waals surface area contributed by atoms with Crippen LogP contribution >= 0.6 is 11.8 Å². The number of phenolic OH excluding ortho intramolecular Hbond substituents is 1. The van der Waals surface area contributed by atoms with Crippen molar-refractivity contribution in [1.29, 1.82) is 0 Å². The lowest BCUT2D eigenvalue weighted by Crippen LogP contribution is -2.63. The highest BCUT2D eigenvalue weighted by atomic mass is 32.2. The Labute approximate surface area is 281 Å². The van der Waals surface area contributed by atoms with Gasteiger partial charge in [-0.25, -0.2) is 0 Å². The number of primary amides is 1. The Hall–Kier alpha value is -5.26. The molecule has 0 aromatic heterocycles. The van der Waals surface area contributed by atoms with Crippen LogP contribution in [0.1, 0.15) is 44.4 Å². The number of hydrogen-bond donors (Lipinski definition) is 6. The molecule has 1 fully saturated rings. The number of aliphatic hydroxyl groups is 3. The number of ether oxygens (including phenoxy) is 1. The van der Waals surface area contributed by atoms with E-state index in [-0.39, 0.29) is 22.6 Å². The van der Waals surface area contributed by atoms with E-state index in [4.69, 9.17) is 18.3 Å². The van der Waals surface area contributed by atoms with Crippen LogP contribution in [0, 0.1) is 11.8 Å². The molecule has 1 aliphatic heterocycles. The zero-order valence-electron chi connectivity index (χ0n) is 25.5. The minimum absolute atomic E-state index is 0.116. The number of amides is 3. The fourth-order valence-electron chi connectivity index (χ4n) is 5.00. The van der Waals surface area contributed by atoms with Crippen LogP contribution < -0.4 is 20.7 Å². The second-order valence-corrected chi connectivity index (χ2v) is 12.2. The maximum atomic E-state index is 13.9. The van der Waals surface area contributed by atoms with Gasteiger partial charge in [-0.3, -0.25) is 19.3 Å². The second-order valence-electron chi connectivity index (χ2n) is 10.9. The number of phenols is 1. The number of rotatable bonds is 9. The molecule has 5 rings (SSSR count). The van der Waals surface area contributed by atoms with Gasteiger partial charge in [0.2, 0.25) is 17.7 Å². The molecule has 242 valence electrons. The lowest BCUT2D eigenvalue weighted by atomic mass is 9.72. The van der Waals surface area contributed by atoms with Crippen LogP contribution in [-0.4, -0.2) is 64.3 Å². The molecule has 0 saturated carbocycles. The zero-order valence-corrected chi connectivity index (χ0v) is 26.3. The molecule has 48 heavy (non-hydrogen) atoms. The Morgan fingerprint density at radius 2 is 1.62 bits per heavy atom. The van der Waals surface area contributed by atoms with Crippen molar-refractivity contribution in [2.45, 2.75) is 28.5 Å². The third-order valence-electron chi connectivity index (χ3n) is 7.61. The summed E-state index contributed by atoms with van der Waals surface area (Å²) < 4.78 is 4.98. The van der Waals surface area contributed by atoms with Gasteiger partial charge in [-0.2, -0.15) is 0 Å². The summed E-state index contributed by atoms with van der Waals surface area (Å²) in [6.45, 7) is 0. The van der Waals surface area contributed by atoms with Crippen molar-refractivity contribution in [1.82, 2.24) is 5.32 Å². The first kappa shape index (κ1) is 34.1. The summed E-state index contributed by atoms with van der Waals surface area (Å²) in [4.78, 5) is 40.4. The fraction of sp³-hybridized carbons (Fsp3) is 0.171. The van der Waals surface area contributed by atoms with Gasteiger partial charge in [0.15, 0.2) is 11.5 Å². The van der Waals surface area contributed by atoms with Gasteiger partial charge in [-0.05, 0) is 65.7 Å². The Balaban J connectivity index is 1.39. The summed E-state index contributed by atoms with van der Waals surface area (Å²) in [5, 5.41) is 42.4. The fourth-order valence-corrected chi connectivity index (χ4v) is 6.45. The van der Waals surface area contributed by atoms with Crippen molar-refractivity contribution >= 4 is 43.0 Å². The largest absolute Gasteiger partial charge is 0.504 e. The van der Waals surface area contributed by atoms with E-state index in [2.05, 4.69) is 11.8 Å². The topological polar surface area (TPSA) is 183 Å². The maximum Gasteiger partial charge on any atom is 0.271 e. The molecule has 0 bridgehead atoms. The molecule has 7 N–H and O–H groups in total. The minimum atomic E-state index is -3.41. The summed E-state index contributed by atoms with van der Waals surface area (Å²) in [5.41, 5.74) is 5.05. The van der Waals surface area contributed by atoms with E-state index in [9.17, 15) is 34.8 Å². The summed E-state index contributed by atoms with van der Waals surface area (Å²) in [7, 11) is 7.09. The number of benzene rings is 4. The number of carbonyl (C=O) groups is 3. The van der Waals surface area contributed by atoms with Crippen molar-refractivity contribution in [3.05, 3.63) is 125 Å². The lowest BCUT2D eigenvalue weighted by Gasteiger charge is -2.38. The van der Waals surface area contributed by atoms with Gasteiger partial charge in [0.05, 0.1) is 12.4 Å². The predicted octanol–water partition coefficient (Wildman–Crippen LogP) is 2.21. The standard InChI is InChI=1S/C35H30BN3O8S/c1-47-28-19-25(16-17-27(28)40)34(36,44)35(45,46)38-30(41)20-29-32(43)39(26-9-5-8-24(18-26)31(37)42)33(48-29)23-14-12-22(13-15-23)11-10-21-6-3-2-4-7-21/h2-9,12-19,29,33,40,44-46H,20H2,1H3,(H2,37,42)(H,38,41). The molecule has 1 heterocycles. The van der Waals surface area contributed by atoms with Crippen molar-refractivity contribution in [3.8, 4) is 23.3 Å². The molecular weight excluding hydrogens is 633 g/mol. The lowest BCUT2D eigenvalue weighted by molar-refractivity contribution is -0.264. The summed E-state index contributed by atoms with van der Waals surface area (Å²) in [6.07, 6.45) is -0.537. The van der Waals surface area contributed by atoms with Crippen LogP contribution in [0.2, 0.25) is 0 Å². The van der Waals surface area contributed by atoms with Crippen LogP contribution in [-0.2, 0) is 15.1 Å². The molecule has 0 aliphatic carbocycles. The molecule has 11 nitrogen and oxygen atoms in total.